The number of azide groups is 1. The van der Waals surface area contributed by atoms with Gasteiger partial charge in [0.25, 0.3) is 5.91 Å². The second-order valence-electron chi connectivity index (χ2n) is 8.87. The molecule has 0 aromatic heterocycles. The molecule has 0 aliphatic rings. The summed E-state index contributed by atoms with van der Waals surface area (Å²) in [5, 5.41) is 8.82. The van der Waals surface area contributed by atoms with Crippen LogP contribution in [0.2, 0.25) is 0 Å². The third-order valence-electron chi connectivity index (χ3n) is 5.28. The number of benzene rings is 1. The second kappa shape index (κ2) is 16.1. The minimum Gasteiger partial charge on any atom is -0.493 e. The quantitative estimate of drug-likeness (QED) is 0.0824. The van der Waals surface area contributed by atoms with Gasteiger partial charge < -0.3 is 26.8 Å². The number of ether oxygens (including phenoxy) is 1. The van der Waals surface area contributed by atoms with E-state index in [4.69, 9.17) is 21.7 Å². The molecule has 0 aliphatic heterocycles. The van der Waals surface area contributed by atoms with Crippen LogP contribution in [0.25, 0.3) is 10.4 Å². The number of hydrogen-bond donors (Lipinski definition) is 4. The molecule has 12 nitrogen and oxygen atoms in total. The summed E-state index contributed by atoms with van der Waals surface area (Å²) in [5.41, 5.74) is 20.2. The van der Waals surface area contributed by atoms with Crippen molar-refractivity contribution in [2.45, 2.75) is 65.0 Å². The van der Waals surface area contributed by atoms with Gasteiger partial charge >= 0.3 is 0 Å². The average molecular weight is 504 g/mol. The van der Waals surface area contributed by atoms with Crippen molar-refractivity contribution in [2.75, 3.05) is 19.7 Å². The van der Waals surface area contributed by atoms with Gasteiger partial charge in [0, 0.05) is 23.6 Å². The van der Waals surface area contributed by atoms with Crippen LogP contribution in [0.5, 0.6) is 5.75 Å². The molecule has 0 bridgehead atoms. The summed E-state index contributed by atoms with van der Waals surface area (Å²) in [6, 6.07) is 3.05. The average Bonchev–Trinajstić information content (AvgIpc) is 2.82. The fourth-order valence-corrected chi connectivity index (χ4v) is 3.36. The molecule has 0 radical (unpaired) electrons. The molecular weight excluding hydrogens is 466 g/mol. The number of Topliss-reactive ketones (excluding diaryl/α,β-unsaturated/α-hetero) is 1. The fourth-order valence-electron chi connectivity index (χ4n) is 3.36. The molecule has 36 heavy (non-hydrogen) atoms. The van der Waals surface area contributed by atoms with Crippen LogP contribution >= 0.6 is 0 Å². The molecule has 1 aromatic rings. The number of carbonyl (C=O) groups excluding carboxylic acids is 4. The van der Waals surface area contributed by atoms with Crippen molar-refractivity contribution in [1.82, 2.24) is 10.6 Å². The van der Waals surface area contributed by atoms with Crippen molar-refractivity contribution in [1.29, 1.82) is 0 Å². The Kier molecular flexibility index (Phi) is 13.6. The number of rotatable bonds is 17. The summed E-state index contributed by atoms with van der Waals surface area (Å²) >= 11 is 0. The van der Waals surface area contributed by atoms with E-state index >= 15 is 0 Å². The zero-order valence-corrected chi connectivity index (χ0v) is 21.2. The molecule has 12 heteroatoms. The lowest BCUT2D eigenvalue weighted by Gasteiger charge is -2.19. The maximum atomic E-state index is 12.8. The van der Waals surface area contributed by atoms with E-state index in [-0.39, 0.29) is 30.4 Å². The molecule has 0 saturated carbocycles. The van der Waals surface area contributed by atoms with Crippen molar-refractivity contribution >= 4 is 23.5 Å². The predicted molar refractivity (Wildman–Crippen MR) is 135 cm³/mol. The summed E-state index contributed by atoms with van der Waals surface area (Å²) < 4.78 is 5.65. The first-order chi connectivity index (χ1) is 17.1. The van der Waals surface area contributed by atoms with Gasteiger partial charge in [0.05, 0.1) is 18.2 Å². The fraction of sp³-hybridized carbons (Fsp3) is 0.583. The van der Waals surface area contributed by atoms with Gasteiger partial charge in [-0.3, -0.25) is 19.2 Å². The number of amides is 3. The van der Waals surface area contributed by atoms with E-state index < -0.39 is 29.8 Å². The molecule has 0 fully saturated rings. The molecule has 6 N–H and O–H groups in total. The molecule has 0 unspecified atom stereocenters. The van der Waals surface area contributed by atoms with E-state index in [0.29, 0.717) is 50.0 Å². The molecule has 0 aliphatic carbocycles. The smallest absolute Gasteiger partial charge is 0.255 e. The summed E-state index contributed by atoms with van der Waals surface area (Å²) in [5.74, 6) is -1.12. The van der Waals surface area contributed by atoms with Crippen molar-refractivity contribution < 1.29 is 23.9 Å². The van der Waals surface area contributed by atoms with Gasteiger partial charge in [-0.25, -0.2) is 0 Å². The lowest BCUT2D eigenvalue weighted by Crippen LogP contribution is -2.50. The summed E-state index contributed by atoms with van der Waals surface area (Å²) in [6.45, 7) is 6.10. The van der Waals surface area contributed by atoms with Crippen LogP contribution < -0.4 is 26.8 Å². The van der Waals surface area contributed by atoms with E-state index in [9.17, 15) is 19.2 Å². The first-order valence-corrected chi connectivity index (χ1v) is 12.0. The first kappa shape index (κ1) is 30.4. The van der Waals surface area contributed by atoms with Gasteiger partial charge in [0.15, 0.2) is 5.78 Å². The van der Waals surface area contributed by atoms with E-state index in [2.05, 4.69) is 20.7 Å². The molecule has 2 atom stereocenters. The number of nitrogens with two attached hydrogens (primary N) is 2. The van der Waals surface area contributed by atoms with Gasteiger partial charge in [-0.05, 0) is 68.7 Å². The second-order valence-corrected chi connectivity index (χ2v) is 8.87. The van der Waals surface area contributed by atoms with Gasteiger partial charge in [0.2, 0.25) is 11.8 Å². The summed E-state index contributed by atoms with van der Waals surface area (Å²) in [7, 11) is 0. The van der Waals surface area contributed by atoms with Crippen molar-refractivity contribution in [2.24, 2.45) is 22.5 Å². The van der Waals surface area contributed by atoms with Gasteiger partial charge in [0.1, 0.15) is 11.8 Å². The SMILES string of the molecule is CC(=O)c1ccc(OCCCN=[N+]=[N-])c(C(=O)NCCCC[C@H](NC(=O)[C@@H](N)CC(C)C)C(N)=O)c1. The standard InChI is InChI=1S/C24H37N7O5/c1-15(2)13-19(25)24(35)30-20(22(26)33)7-4-5-10-28-23(34)18-14-17(16(3)32)8-9-21(18)36-12-6-11-29-31-27/h8-9,14-15,19-20H,4-7,10-13,25H2,1-3H3,(H2,26,33)(H,28,34)(H,30,35)/t19-,20-/m0/s1. The number of primary amides is 1. The zero-order chi connectivity index (χ0) is 27.1. The maximum absolute atomic E-state index is 12.8. The van der Waals surface area contributed by atoms with E-state index in [1.54, 1.807) is 12.1 Å². The monoisotopic (exact) mass is 503 g/mol. The molecule has 3 amide bonds. The molecule has 1 rings (SSSR count). The number of unbranched alkanes of at least 4 members (excludes halogenated alkanes) is 1. The van der Waals surface area contributed by atoms with E-state index in [1.807, 2.05) is 13.8 Å². The highest BCUT2D eigenvalue weighted by atomic mass is 16.5. The lowest BCUT2D eigenvalue weighted by atomic mass is 10.0. The van der Waals surface area contributed by atoms with Crippen LogP contribution in [0.15, 0.2) is 23.3 Å². The van der Waals surface area contributed by atoms with Crippen LogP contribution in [-0.4, -0.2) is 55.3 Å². The molecular formula is C24H37N7O5. The Morgan fingerprint density at radius 3 is 2.50 bits per heavy atom. The number of carbonyl (C=O) groups is 4. The van der Waals surface area contributed by atoms with Gasteiger partial charge in [-0.1, -0.05) is 19.0 Å². The molecule has 198 valence electrons. The van der Waals surface area contributed by atoms with Gasteiger partial charge in [-0.2, -0.15) is 0 Å². The summed E-state index contributed by atoms with van der Waals surface area (Å²) in [4.78, 5) is 51.2. The minimum absolute atomic E-state index is 0.188. The highest BCUT2D eigenvalue weighted by molar-refractivity contribution is 6.01. The van der Waals surface area contributed by atoms with Crippen molar-refractivity contribution in [3.63, 3.8) is 0 Å². The van der Waals surface area contributed by atoms with Crippen LogP contribution in [-0.2, 0) is 9.59 Å². The third-order valence-corrected chi connectivity index (χ3v) is 5.28. The minimum atomic E-state index is -0.843. The van der Waals surface area contributed by atoms with E-state index in [1.165, 1.54) is 13.0 Å². The summed E-state index contributed by atoms with van der Waals surface area (Å²) in [6.07, 6.45) is 2.32. The first-order valence-electron chi connectivity index (χ1n) is 12.0. The number of nitrogens with zero attached hydrogens (tertiary/aromatic N) is 3. The van der Waals surface area contributed by atoms with Crippen LogP contribution in [0.1, 0.15) is 73.6 Å². The zero-order valence-electron chi connectivity index (χ0n) is 21.2. The Labute approximate surface area is 211 Å². The molecule has 0 spiro atoms. The Bertz CT molecular complexity index is 960. The normalized spacial score (nSPS) is 12.2. The Hall–Kier alpha value is -3.63. The predicted octanol–water partition coefficient (Wildman–Crippen LogP) is 2.21. The van der Waals surface area contributed by atoms with Crippen LogP contribution in [0.3, 0.4) is 0 Å². The number of nitrogens with one attached hydrogen (secondary N) is 2. The third kappa shape index (κ3) is 11.2. The topological polar surface area (TPSA) is 202 Å². The highest BCUT2D eigenvalue weighted by Gasteiger charge is 2.22. The lowest BCUT2D eigenvalue weighted by molar-refractivity contribution is -0.128. The largest absolute Gasteiger partial charge is 0.493 e. The number of hydrogen-bond acceptors (Lipinski definition) is 7. The van der Waals surface area contributed by atoms with Crippen molar-refractivity contribution in [3.8, 4) is 5.75 Å². The molecule has 1 aromatic carbocycles. The molecule has 0 heterocycles. The van der Waals surface area contributed by atoms with Crippen molar-refractivity contribution in [3.05, 3.63) is 39.8 Å². The number of ketones is 1. The Morgan fingerprint density at radius 2 is 1.89 bits per heavy atom. The molecule has 0 saturated heterocycles. The van der Waals surface area contributed by atoms with Gasteiger partial charge in [-0.15, -0.1) is 0 Å². The highest BCUT2D eigenvalue weighted by Crippen LogP contribution is 2.21. The van der Waals surface area contributed by atoms with Crippen LogP contribution in [0.4, 0.5) is 0 Å². The van der Waals surface area contributed by atoms with Crippen LogP contribution in [0, 0.1) is 5.92 Å². The Balaban J connectivity index is 2.63. The Morgan fingerprint density at radius 1 is 1.17 bits per heavy atom. The maximum Gasteiger partial charge on any atom is 0.255 e. The van der Waals surface area contributed by atoms with E-state index in [0.717, 1.165) is 0 Å².